The summed E-state index contributed by atoms with van der Waals surface area (Å²) in [6.07, 6.45) is 2.06. The number of unbranched alkanes of at least 4 members (excludes halogenated alkanes) is 1. The zero-order valence-corrected chi connectivity index (χ0v) is 16.7. The number of rotatable bonds is 8. The molecule has 3 rings (SSSR count). The molecular weight excluding hydrogens is 350 g/mol. The van der Waals surface area contributed by atoms with Crippen LogP contribution in [-0.2, 0) is 4.79 Å². The van der Waals surface area contributed by atoms with Crippen LogP contribution in [0.25, 0.3) is 10.8 Å². The highest BCUT2D eigenvalue weighted by molar-refractivity contribution is 5.97. The average Bonchev–Trinajstić information content (AvgIpc) is 2.73. The van der Waals surface area contributed by atoms with E-state index in [0.29, 0.717) is 18.0 Å². The summed E-state index contributed by atoms with van der Waals surface area (Å²) in [5.74, 6) is 1.20. The van der Waals surface area contributed by atoms with E-state index in [2.05, 4.69) is 18.3 Å². The molecule has 28 heavy (non-hydrogen) atoms. The van der Waals surface area contributed by atoms with Crippen LogP contribution in [0.2, 0.25) is 0 Å². The summed E-state index contributed by atoms with van der Waals surface area (Å²) in [5.41, 5.74) is 1.68. The largest absolute Gasteiger partial charge is 0.497 e. The molecule has 3 aromatic carbocycles. The molecule has 3 aromatic rings. The van der Waals surface area contributed by atoms with Gasteiger partial charge < -0.3 is 14.8 Å². The molecule has 1 amide bonds. The van der Waals surface area contributed by atoms with Crippen molar-refractivity contribution in [1.82, 2.24) is 0 Å². The minimum absolute atomic E-state index is 0.0561. The second-order valence-corrected chi connectivity index (χ2v) is 6.88. The Morgan fingerprint density at radius 2 is 1.79 bits per heavy atom. The van der Waals surface area contributed by atoms with Gasteiger partial charge in [0.2, 0.25) is 5.91 Å². The lowest BCUT2D eigenvalue weighted by Gasteiger charge is -2.16. The van der Waals surface area contributed by atoms with Crippen LogP contribution in [0.15, 0.2) is 60.7 Å². The highest BCUT2D eigenvalue weighted by Crippen LogP contribution is 2.28. The van der Waals surface area contributed by atoms with Gasteiger partial charge in [-0.15, -0.1) is 0 Å². The minimum atomic E-state index is -0.282. The van der Waals surface area contributed by atoms with E-state index in [1.54, 1.807) is 7.11 Å². The van der Waals surface area contributed by atoms with Gasteiger partial charge in [-0.2, -0.15) is 0 Å². The summed E-state index contributed by atoms with van der Waals surface area (Å²) in [7, 11) is 1.66. The molecule has 4 nitrogen and oxygen atoms in total. The molecule has 0 aliphatic rings. The van der Waals surface area contributed by atoms with Gasteiger partial charge in [-0.25, -0.2) is 0 Å². The lowest BCUT2D eigenvalue weighted by Crippen LogP contribution is -2.19. The maximum atomic E-state index is 12.8. The van der Waals surface area contributed by atoms with Crippen LogP contribution in [-0.4, -0.2) is 19.6 Å². The van der Waals surface area contributed by atoms with Crippen LogP contribution in [0.3, 0.4) is 0 Å². The Labute approximate surface area is 166 Å². The summed E-state index contributed by atoms with van der Waals surface area (Å²) in [6.45, 7) is 4.69. The first-order chi connectivity index (χ1) is 13.6. The van der Waals surface area contributed by atoms with Crippen molar-refractivity contribution in [2.45, 2.75) is 32.6 Å². The molecule has 1 atom stereocenters. The van der Waals surface area contributed by atoms with E-state index < -0.39 is 0 Å². The van der Waals surface area contributed by atoms with Crippen molar-refractivity contribution in [1.29, 1.82) is 0 Å². The van der Waals surface area contributed by atoms with Crippen molar-refractivity contribution in [3.8, 4) is 11.5 Å². The highest BCUT2D eigenvalue weighted by Gasteiger charge is 2.17. The fourth-order valence-corrected chi connectivity index (χ4v) is 3.05. The lowest BCUT2D eigenvalue weighted by atomic mass is 9.97. The third kappa shape index (κ3) is 4.63. The molecule has 0 saturated carbocycles. The van der Waals surface area contributed by atoms with E-state index >= 15 is 0 Å². The lowest BCUT2D eigenvalue weighted by molar-refractivity contribution is -0.117. The number of fused-ring (bicyclic) bond motifs is 1. The number of amides is 1. The average molecular weight is 377 g/mol. The predicted molar refractivity (Wildman–Crippen MR) is 114 cm³/mol. The third-order valence-corrected chi connectivity index (χ3v) is 4.87. The number of hydrogen-bond donors (Lipinski definition) is 1. The van der Waals surface area contributed by atoms with Gasteiger partial charge in [0.05, 0.1) is 25.3 Å². The minimum Gasteiger partial charge on any atom is -0.497 e. The first kappa shape index (κ1) is 19.7. The summed E-state index contributed by atoms with van der Waals surface area (Å²) < 4.78 is 11.1. The first-order valence-electron chi connectivity index (χ1n) is 9.72. The number of carbonyl (C=O) groups excluding carboxylic acids is 1. The van der Waals surface area contributed by atoms with Crippen molar-refractivity contribution in [3.63, 3.8) is 0 Å². The summed E-state index contributed by atoms with van der Waals surface area (Å²) in [5, 5.41) is 5.19. The van der Waals surface area contributed by atoms with Crippen molar-refractivity contribution in [2.75, 3.05) is 19.0 Å². The van der Waals surface area contributed by atoms with E-state index in [9.17, 15) is 4.79 Å². The quantitative estimate of drug-likeness (QED) is 0.507. The zero-order valence-electron chi connectivity index (χ0n) is 16.7. The number of benzene rings is 3. The smallest absolute Gasteiger partial charge is 0.231 e. The van der Waals surface area contributed by atoms with Gasteiger partial charge in [0.15, 0.2) is 0 Å². The van der Waals surface area contributed by atoms with E-state index in [4.69, 9.17) is 9.47 Å². The maximum Gasteiger partial charge on any atom is 0.231 e. The molecule has 0 radical (unpaired) electrons. The second-order valence-electron chi connectivity index (χ2n) is 6.88. The number of para-hydroxylation sites is 2. The van der Waals surface area contributed by atoms with Gasteiger partial charge in [-0.1, -0.05) is 49.7 Å². The van der Waals surface area contributed by atoms with Crippen molar-refractivity contribution < 1.29 is 14.3 Å². The Morgan fingerprint density at radius 1 is 1.04 bits per heavy atom. The predicted octanol–water partition coefficient (Wildman–Crippen LogP) is 5.77. The van der Waals surface area contributed by atoms with Crippen molar-refractivity contribution >= 4 is 22.4 Å². The van der Waals surface area contributed by atoms with E-state index in [0.717, 1.165) is 34.9 Å². The molecule has 0 bridgehead atoms. The number of methoxy groups -OCH3 is 1. The molecule has 0 heterocycles. The summed E-state index contributed by atoms with van der Waals surface area (Å²) >= 11 is 0. The number of carbonyl (C=O) groups is 1. The zero-order chi connectivity index (χ0) is 19.9. The van der Waals surface area contributed by atoms with Crippen LogP contribution in [0.1, 0.15) is 38.2 Å². The van der Waals surface area contributed by atoms with Crippen LogP contribution in [0, 0.1) is 0 Å². The van der Waals surface area contributed by atoms with Crippen LogP contribution < -0.4 is 14.8 Å². The highest BCUT2D eigenvalue weighted by atomic mass is 16.5. The second kappa shape index (κ2) is 9.27. The van der Waals surface area contributed by atoms with Crippen molar-refractivity contribution in [2.24, 2.45) is 0 Å². The van der Waals surface area contributed by atoms with E-state index in [1.165, 1.54) is 0 Å². The van der Waals surface area contributed by atoms with E-state index in [-0.39, 0.29) is 11.8 Å². The Bertz CT molecular complexity index is 951. The fraction of sp³-hybridized carbons (Fsp3) is 0.292. The first-order valence-corrected chi connectivity index (χ1v) is 9.72. The SMILES string of the molecule is CCCCOc1ccccc1NC(=O)[C@@H](C)c1ccc2cc(OC)ccc2c1. The molecular formula is C24H27NO3. The Hall–Kier alpha value is -3.01. The molecule has 0 aromatic heterocycles. The Morgan fingerprint density at radius 3 is 2.57 bits per heavy atom. The normalized spacial score (nSPS) is 11.8. The van der Waals surface area contributed by atoms with Gasteiger partial charge in [0.25, 0.3) is 0 Å². The molecule has 1 N–H and O–H groups in total. The number of nitrogens with one attached hydrogen (secondary N) is 1. The monoisotopic (exact) mass is 377 g/mol. The molecule has 146 valence electrons. The van der Waals surface area contributed by atoms with Gasteiger partial charge in [-0.3, -0.25) is 4.79 Å². The molecule has 0 fully saturated rings. The molecule has 0 saturated heterocycles. The molecule has 0 aliphatic carbocycles. The maximum absolute atomic E-state index is 12.8. The Balaban J connectivity index is 1.75. The van der Waals surface area contributed by atoms with Gasteiger partial charge in [0, 0.05) is 0 Å². The van der Waals surface area contributed by atoms with Crippen LogP contribution in [0.5, 0.6) is 11.5 Å². The number of anilines is 1. The fourth-order valence-electron chi connectivity index (χ4n) is 3.05. The van der Waals surface area contributed by atoms with Crippen LogP contribution >= 0.6 is 0 Å². The topological polar surface area (TPSA) is 47.6 Å². The van der Waals surface area contributed by atoms with Gasteiger partial charge in [-0.05, 0) is 53.9 Å². The molecule has 0 unspecified atom stereocenters. The van der Waals surface area contributed by atoms with E-state index in [1.807, 2.05) is 61.5 Å². The summed E-state index contributed by atoms with van der Waals surface area (Å²) in [4.78, 5) is 12.8. The number of hydrogen-bond acceptors (Lipinski definition) is 3. The molecule has 0 aliphatic heterocycles. The standard InChI is InChI=1S/C24H27NO3/c1-4-5-14-28-23-9-7-6-8-22(23)25-24(26)17(2)18-10-11-20-16-21(27-3)13-12-19(20)15-18/h6-13,15-17H,4-5,14H2,1-3H3,(H,25,26)/t17-/m0/s1. The molecule has 0 spiro atoms. The third-order valence-electron chi connectivity index (χ3n) is 4.87. The van der Waals surface area contributed by atoms with Gasteiger partial charge in [0.1, 0.15) is 11.5 Å². The van der Waals surface area contributed by atoms with Gasteiger partial charge >= 0.3 is 0 Å². The molecule has 4 heteroatoms. The number of ether oxygens (including phenoxy) is 2. The van der Waals surface area contributed by atoms with Crippen LogP contribution in [0.4, 0.5) is 5.69 Å². The summed E-state index contributed by atoms with van der Waals surface area (Å²) in [6, 6.07) is 19.6. The van der Waals surface area contributed by atoms with Crippen molar-refractivity contribution in [3.05, 3.63) is 66.2 Å². The Kier molecular flexibility index (Phi) is 6.53.